The molecule has 0 radical (unpaired) electrons. The lowest BCUT2D eigenvalue weighted by atomic mass is 9.87. The average Bonchev–Trinajstić information content (AvgIpc) is 2.27. The minimum Gasteiger partial charge on any atom is -0.384 e. The normalized spacial score (nSPS) is 26.5. The molecule has 0 fully saturated rings. The van der Waals surface area contributed by atoms with Crippen LogP contribution >= 0.6 is 0 Å². The molecule has 3 nitrogen and oxygen atoms in total. The molecule has 1 rings (SSSR count). The Balaban J connectivity index is 2.98. The Bertz CT molecular complexity index is 269. The first kappa shape index (κ1) is 12.7. The summed E-state index contributed by atoms with van der Waals surface area (Å²) in [5.41, 5.74) is 0.652. The SMILES string of the molecule is COCC(C)C1=CC(C)(C)N(O)C1(C)C. The van der Waals surface area contributed by atoms with Gasteiger partial charge in [0.05, 0.1) is 17.7 Å². The molecule has 0 aliphatic carbocycles. The maximum Gasteiger partial charge on any atom is 0.0626 e. The van der Waals surface area contributed by atoms with E-state index in [-0.39, 0.29) is 11.1 Å². The highest BCUT2D eigenvalue weighted by molar-refractivity contribution is 5.31. The Morgan fingerprint density at radius 1 is 1.40 bits per heavy atom. The average molecular weight is 213 g/mol. The maximum absolute atomic E-state index is 10.1. The third-order valence-corrected chi connectivity index (χ3v) is 3.24. The van der Waals surface area contributed by atoms with Crippen LogP contribution in [0.2, 0.25) is 0 Å². The zero-order valence-electron chi connectivity index (χ0n) is 10.7. The Hall–Kier alpha value is -0.380. The maximum atomic E-state index is 10.1. The number of methoxy groups -OCH3 is 1. The van der Waals surface area contributed by atoms with Gasteiger partial charge >= 0.3 is 0 Å². The molecule has 15 heavy (non-hydrogen) atoms. The van der Waals surface area contributed by atoms with Crippen LogP contribution in [0.3, 0.4) is 0 Å². The van der Waals surface area contributed by atoms with Crippen molar-refractivity contribution in [1.82, 2.24) is 5.06 Å². The highest BCUT2D eigenvalue weighted by Crippen LogP contribution is 2.41. The summed E-state index contributed by atoms with van der Waals surface area (Å²) in [6.07, 6.45) is 2.15. The smallest absolute Gasteiger partial charge is 0.0626 e. The fraction of sp³-hybridized carbons (Fsp3) is 0.833. The van der Waals surface area contributed by atoms with Gasteiger partial charge in [0.25, 0.3) is 0 Å². The van der Waals surface area contributed by atoms with Crippen molar-refractivity contribution in [2.75, 3.05) is 13.7 Å². The van der Waals surface area contributed by atoms with Gasteiger partial charge in [0, 0.05) is 13.0 Å². The van der Waals surface area contributed by atoms with Gasteiger partial charge in [-0.25, -0.2) is 0 Å². The molecule has 1 N–H and O–H groups in total. The molecule has 3 heteroatoms. The standard InChI is InChI=1S/C12H23NO2/c1-9(8-15-6)10-7-11(2,3)13(14)12(10,4)5/h7,9,14H,8H2,1-6H3. The Morgan fingerprint density at radius 3 is 2.27 bits per heavy atom. The highest BCUT2D eigenvalue weighted by atomic mass is 16.5. The minimum absolute atomic E-state index is 0.291. The molecule has 1 aliphatic heterocycles. The van der Waals surface area contributed by atoms with Crippen LogP contribution in [-0.2, 0) is 4.74 Å². The van der Waals surface area contributed by atoms with Crippen LogP contribution in [0.4, 0.5) is 0 Å². The van der Waals surface area contributed by atoms with Gasteiger partial charge in [-0.15, -0.1) is 0 Å². The molecule has 1 heterocycles. The third-order valence-electron chi connectivity index (χ3n) is 3.24. The van der Waals surface area contributed by atoms with E-state index in [1.807, 2.05) is 27.7 Å². The monoisotopic (exact) mass is 213 g/mol. The molecule has 0 saturated heterocycles. The van der Waals surface area contributed by atoms with Gasteiger partial charge in [0.15, 0.2) is 0 Å². The summed E-state index contributed by atoms with van der Waals surface area (Å²) in [7, 11) is 1.71. The highest BCUT2D eigenvalue weighted by Gasteiger charge is 2.46. The van der Waals surface area contributed by atoms with E-state index in [0.29, 0.717) is 12.5 Å². The number of hydroxylamine groups is 2. The van der Waals surface area contributed by atoms with Crippen molar-refractivity contribution in [2.24, 2.45) is 5.92 Å². The quantitative estimate of drug-likeness (QED) is 0.731. The van der Waals surface area contributed by atoms with Crippen molar-refractivity contribution in [1.29, 1.82) is 0 Å². The summed E-state index contributed by atoms with van der Waals surface area (Å²) in [6.45, 7) is 10.9. The van der Waals surface area contributed by atoms with Crippen molar-refractivity contribution >= 4 is 0 Å². The van der Waals surface area contributed by atoms with Crippen molar-refractivity contribution in [3.05, 3.63) is 11.6 Å². The van der Waals surface area contributed by atoms with Gasteiger partial charge in [0.2, 0.25) is 0 Å². The van der Waals surface area contributed by atoms with E-state index in [0.717, 1.165) is 0 Å². The van der Waals surface area contributed by atoms with Crippen molar-refractivity contribution in [2.45, 2.75) is 45.7 Å². The summed E-state index contributed by atoms with van der Waals surface area (Å²) in [4.78, 5) is 0. The van der Waals surface area contributed by atoms with E-state index in [2.05, 4.69) is 13.0 Å². The molecule has 1 aliphatic rings. The van der Waals surface area contributed by atoms with E-state index in [1.54, 1.807) is 7.11 Å². The van der Waals surface area contributed by atoms with Gasteiger partial charge in [-0.3, -0.25) is 0 Å². The predicted octanol–water partition coefficient (Wildman–Crippen LogP) is 2.46. The second-order valence-corrected chi connectivity index (χ2v) is 5.48. The van der Waals surface area contributed by atoms with E-state index in [4.69, 9.17) is 4.74 Å². The van der Waals surface area contributed by atoms with Gasteiger partial charge < -0.3 is 9.94 Å². The zero-order valence-corrected chi connectivity index (χ0v) is 10.7. The minimum atomic E-state index is -0.304. The van der Waals surface area contributed by atoms with Crippen molar-refractivity contribution < 1.29 is 9.94 Å². The number of hydrogen-bond acceptors (Lipinski definition) is 3. The lowest BCUT2D eigenvalue weighted by molar-refractivity contribution is -0.186. The van der Waals surface area contributed by atoms with Crippen LogP contribution < -0.4 is 0 Å². The van der Waals surface area contributed by atoms with Crippen molar-refractivity contribution in [3.8, 4) is 0 Å². The van der Waals surface area contributed by atoms with E-state index in [1.165, 1.54) is 10.6 Å². The predicted molar refractivity (Wildman–Crippen MR) is 60.9 cm³/mol. The summed E-state index contributed by atoms with van der Waals surface area (Å²) < 4.78 is 5.17. The van der Waals surface area contributed by atoms with E-state index < -0.39 is 0 Å². The Morgan fingerprint density at radius 2 is 1.93 bits per heavy atom. The van der Waals surface area contributed by atoms with Crippen molar-refractivity contribution in [3.63, 3.8) is 0 Å². The molecular weight excluding hydrogens is 190 g/mol. The molecule has 0 spiro atoms. The Labute approximate surface area is 92.7 Å². The number of ether oxygens (including phenoxy) is 1. The lowest BCUT2D eigenvalue weighted by Gasteiger charge is -2.37. The molecule has 1 atom stereocenters. The van der Waals surface area contributed by atoms with Crippen LogP contribution in [0, 0.1) is 5.92 Å². The van der Waals surface area contributed by atoms with Gasteiger partial charge in [-0.05, 0) is 33.3 Å². The first-order chi connectivity index (χ1) is 6.73. The van der Waals surface area contributed by atoms with Crippen LogP contribution in [-0.4, -0.2) is 35.1 Å². The Kier molecular flexibility index (Phi) is 3.29. The number of nitrogens with zero attached hydrogens (tertiary/aromatic N) is 1. The van der Waals surface area contributed by atoms with Crippen LogP contribution in [0.25, 0.3) is 0 Å². The molecule has 0 amide bonds. The zero-order chi connectivity index (χ0) is 11.9. The summed E-state index contributed by atoms with van der Waals surface area (Å²) in [5, 5.41) is 11.5. The molecule has 0 bridgehead atoms. The fourth-order valence-electron chi connectivity index (χ4n) is 2.55. The molecule has 0 aromatic heterocycles. The molecular formula is C12H23NO2. The second kappa shape index (κ2) is 3.89. The van der Waals surface area contributed by atoms with E-state index >= 15 is 0 Å². The molecule has 1 unspecified atom stereocenters. The van der Waals surface area contributed by atoms with Gasteiger partial charge in [0.1, 0.15) is 0 Å². The van der Waals surface area contributed by atoms with E-state index in [9.17, 15) is 5.21 Å². The fourth-order valence-corrected chi connectivity index (χ4v) is 2.55. The number of rotatable bonds is 3. The second-order valence-electron chi connectivity index (χ2n) is 5.48. The summed E-state index contributed by atoms with van der Waals surface area (Å²) >= 11 is 0. The lowest BCUT2D eigenvalue weighted by Crippen LogP contribution is -2.48. The van der Waals surface area contributed by atoms with Gasteiger partial charge in [-0.2, -0.15) is 5.06 Å². The molecule has 0 aromatic rings. The largest absolute Gasteiger partial charge is 0.384 e. The topological polar surface area (TPSA) is 32.7 Å². The number of hydrogen-bond donors (Lipinski definition) is 1. The van der Waals surface area contributed by atoms with Crippen LogP contribution in [0.5, 0.6) is 0 Å². The van der Waals surface area contributed by atoms with Gasteiger partial charge in [-0.1, -0.05) is 13.0 Å². The summed E-state index contributed by atoms with van der Waals surface area (Å²) in [5.74, 6) is 0.335. The first-order valence-corrected chi connectivity index (χ1v) is 5.45. The van der Waals surface area contributed by atoms with Crippen LogP contribution in [0.15, 0.2) is 11.6 Å². The third kappa shape index (κ3) is 2.10. The molecule has 0 saturated carbocycles. The summed E-state index contributed by atoms with van der Waals surface area (Å²) in [6, 6.07) is 0. The molecule has 88 valence electrons. The molecule has 0 aromatic carbocycles. The van der Waals surface area contributed by atoms with Crippen LogP contribution in [0.1, 0.15) is 34.6 Å². The first-order valence-electron chi connectivity index (χ1n) is 5.45.